The van der Waals surface area contributed by atoms with Gasteiger partial charge in [0.25, 0.3) is 0 Å². The van der Waals surface area contributed by atoms with E-state index < -0.39 is 24.1 Å². The Bertz CT molecular complexity index is 911. The lowest BCUT2D eigenvalue weighted by atomic mass is 9.63. The summed E-state index contributed by atoms with van der Waals surface area (Å²) in [6.07, 6.45) is 0.259. The fourth-order valence-electron chi connectivity index (χ4n) is 5.56. The van der Waals surface area contributed by atoms with Crippen LogP contribution in [0.15, 0.2) is 42.5 Å². The van der Waals surface area contributed by atoms with E-state index in [0.717, 1.165) is 35.4 Å². The van der Waals surface area contributed by atoms with Gasteiger partial charge in [-0.2, -0.15) is 17.6 Å². The molecule has 0 bridgehead atoms. The van der Waals surface area contributed by atoms with E-state index in [1.54, 1.807) is 0 Å². The fraction of sp³-hybridized carbons (Fsp3) is 0.538. The highest BCUT2D eigenvalue weighted by Crippen LogP contribution is 2.48. The second-order valence-corrected chi connectivity index (χ2v) is 9.35. The first-order chi connectivity index (χ1) is 15.3. The van der Waals surface area contributed by atoms with Crippen molar-refractivity contribution in [2.24, 2.45) is 17.8 Å². The Kier molecular flexibility index (Phi) is 6.78. The third-order valence-corrected chi connectivity index (χ3v) is 7.45. The first-order valence-corrected chi connectivity index (χ1v) is 11.5. The fourth-order valence-corrected chi connectivity index (χ4v) is 5.56. The van der Waals surface area contributed by atoms with Gasteiger partial charge in [-0.15, -0.1) is 0 Å². The van der Waals surface area contributed by atoms with Gasteiger partial charge in [-0.1, -0.05) is 50.1 Å². The summed E-state index contributed by atoms with van der Waals surface area (Å²) >= 11 is 0. The molecule has 2 aromatic carbocycles. The minimum atomic E-state index is -4.74. The summed E-state index contributed by atoms with van der Waals surface area (Å²) < 4.78 is 68.8. The molecule has 32 heavy (non-hydrogen) atoms. The largest absolute Gasteiger partial charge is 0.461 e. The van der Waals surface area contributed by atoms with Crippen LogP contribution in [0.3, 0.4) is 0 Å². The van der Waals surface area contributed by atoms with Gasteiger partial charge in [0.05, 0.1) is 0 Å². The number of benzene rings is 2. The summed E-state index contributed by atoms with van der Waals surface area (Å²) in [5.74, 6) is 1.10. The second-order valence-electron chi connectivity index (χ2n) is 9.35. The molecule has 4 rings (SSSR count). The highest BCUT2D eigenvalue weighted by atomic mass is 19.3. The van der Waals surface area contributed by atoms with Crippen molar-refractivity contribution in [1.29, 1.82) is 0 Å². The number of hydrogen-bond acceptors (Lipinski definition) is 1. The first kappa shape index (κ1) is 23.1. The summed E-state index contributed by atoms with van der Waals surface area (Å²) in [7, 11) is 0. The van der Waals surface area contributed by atoms with Crippen LogP contribution in [0.5, 0.6) is 5.75 Å². The first-order valence-electron chi connectivity index (χ1n) is 11.5. The monoisotopic (exact) mass is 452 g/mol. The van der Waals surface area contributed by atoms with Gasteiger partial charge >= 0.3 is 12.5 Å². The Hall–Kier alpha value is -2.11. The minimum Gasteiger partial charge on any atom is -0.425 e. The van der Waals surface area contributed by atoms with Crippen LogP contribution in [-0.2, 0) is 0 Å². The van der Waals surface area contributed by atoms with Gasteiger partial charge in [-0.25, -0.2) is 4.39 Å². The van der Waals surface area contributed by atoms with E-state index in [4.69, 9.17) is 0 Å². The van der Waals surface area contributed by atoms with Crippen LogP contribution < -0.4 is 4.74 Å². The van der Waals surface area contributed by atoms with Crippen LogP contribution in [0.25, 0.3) is 11.1 Å². The molecule has 0 aliphatic heterocycles. The molecule has 2 aliphatic rings. The number of halogens is 5. The van der Waals surface area contributed by atoms with Crippen molar-refractivity contribution in [2.45, 2.75) is 70.3 Å². The Morgan fingerprint density at radius 1 is 0.906 bits per heavy atom. The SMILES string of the molecule is CCC1CCC2CC(c3ccc(-c4ccc(OC(F)(F)C(F)F)c(F)c4)cc3)CCC2C1. The van der Waals surface area contributed by atoms with E-state index in [0.29, 0.717) is 11.5 Å². The Labute approximate surface area is 186 Å². The number of hydrogen-bond donors (Lipinski definition) is 0. The topological polar surface area (TPSA) is 9.23 Å². The minimum absolute atomic E-state index is 0.475. The number of rotatable bonds is 6. The summed E-state index contributed by atoms with van der Waals surface area (Å²) in [6, 6.07) is 11.3. The van der Waals surface area contributed by atoms with Crippen LogP contribution in [0, 0.1) is 23.6 Å². The Morgan fingerprint density at radius 2 is 1.56 bits per heavy atom. The lowest BCUT2D eigenvalue weighted by molar-refractivity contribution is -0.254. The summed E-state index contributed by atoms with van der Waals surface area (Å²) in [5.41, 5.74) is 2.49. The van der Waals surface area contributed by atoms with Gasteiger partial charge in [0, 0.05) is 0 Å². The Morgan fingerprint density at radius 3 is 2.22 bits per heavy atom. The molecule has 0 saturated heterocycles. The zero-order valence-electron chi connectivity index (χ0n) is 18.2. The van der Waals surface area contributed by atoms with Crippen molar-refractivity contribution in [2.75, 3.05) is 0 Å². The molecule has 2 aromatic rings. The van der Waals surface area contributed by atoms with Crippen LogP contribution in [-0.4, -0.2) is 12.5 Å². The molecule has 0 heterocycles. The highest BCUT2D eigenvalue weighted by molar-refractivity contribution is 5.64. The van der Waals surface area contributed by atoms with E-state index in [-0.39, 0.29) is 0 Å². The lowest BCUT2D eigenvalue weighted by Gasteiger charge is -2.42. The smallest absolute Gasteiger partial charge is 0.425 e. The second kappa shape index (κ2) is 9.40. The number of alkyl halides is 4. The van der Waals surface area contributed by atoms with Gasteiger partial charge < -0.3 is 4.74 Å². The molecule has 0 spiro atoms. The molecule has 4 atom stereocenters. The van der Waals surface area contributed by atoms with Crippen LogP contribution in [0.1, 0.15) is 63.4 Å². The van der Waals surface area contributed by atoms with Gasteiger partial charge in [0.1, 0.15) is 0 Å². The maximum Gasteiger partial charge on any atom is 0.461 e. The molecule has 174 valence electrons. The molecular formula is C26H29F5O. The maximum absolute atomic E-state index is 14.2. The number of ether oxygens (including phenoxy) is 1. The van der Waals surface area contributed by atoms with Crippen molar-refractivity contribution in [3.8, 4) is 16.9 Å². The van der Waals surface area contributed by atoms with Gasteiger partial charge in [-0.05, 0) is 84.6 Å². The van der Waals surface area contributed by atoms with Crippen molar-refractivity contribution >= 4 is 0 Å². The molecule has 2 saturated carbocycles. The molecule has 0 aromatic heterocycles. The number of fused-ring (bicyclic) bond motifs is 1. The quantitative estimate of drug-likeness (QED) is 0.400. The predicted octanol–water partition coefficient (Wildman–Crippen LogP) is 8.44. The molecule has 0 radical (unpaired) electrons. The molecule has 1 nitrogen and oxygen atoms in total. The molecule has 2 fully saturated rings. The van der Waals surface area contributed by atoms with Gasteiger partial charge in [0.15, 0.2) is 11.6 Å². The van der Waals surface area contributed by atoms with Crippen molar-refractivity contribution in [3.05, 3.63) is 53.8 Å². The Balaban J connectivity index is 1.42. The van der Waals surface area contributed by atoms with Crippen LogP contribution in [0.4, 0.5) is 22.0 Å². The van der Waals surface area contributed by atoms with E-state index in [1.807, 2.05) is 12.1 Å². The summed E-state index contributed by atoms with van der Waals surface area (Å²) in [4.78, 5) is 0. The third kappa shape index (κ3) is 4.94. The molecule has 4 unspecified atom stereocenters. The van der Waals surface area contributed by atoms with Crippen molar-refractivity contribution < 1.29 is 26.7 Å². The predicted molar refractivity (Wildman–Crippen MR) is 115 cm³/mol. The average Bonchev–Trinajstić information content (AvgIpc) is 2.79. The van der Waals surface area contributed by atoms with E-state index >= 15 is 0 Å². The zero-order chi connectivity index (χ0) is 22.9. The summed E-state index contributed by atoms with van der Waals surface area (Å²) in [6.45, 7) is 2.29. The zero-order valence-corrected chi connectivity index (χ0v) is 18.2. The summed E-state index contributed by atoms with van der Waals surface area (Å²) in [5, 5.41) is 0. The molecule has 0 amide bonds. The normalized spacial score (nSPS) is 26.1. The van der Waals surface area contributed by atoms with Crippen LogP contribution in [0.2, 0.25) is 0 Å². The standard InChI is InChI=1S/C26H29F5O/c1-2-16-3-4-21-14-20(10-9-19(21)13-16)17-5-7-18(8-6-17)22-11-12-24(23(27)15-22)32-26(30,31)25(28)29/h5-8,11-12,15-16,19-21,25H,2-4,9-10,13-14H2,1H3. The molecule has 6 heteroatoms. The van der Waals surface area contributed by atoms with E-state index in [2.05, 4.69) is 23.8 Å². The third-order valence-electron chi connectivity index (χ3n) is 7.45. The van der Waals surface area contributed by atoms with Crippen molar-refractivity contribution in [1.82, 2.24) is 0 Å². The lowest BCUT2D eigenvalue weighted by Crippen LogP contribution is -2.33. The van der Waals surface area contributed by atoms with Gasteiger partial charge in [0.2, 0.25) is 0 Å². The molecule has 0 N–H and O–H groups in total. The maximum atomic E-state index is 14.2. The van der Waals surface area contributed by atoms with Crippen LogP contribution >= 0.6 is 0 Å². The molecule has 2 aliphatic carbocycles. The van der Waals surface area contributed by atoms with E-state index in [9.17, 15) is 22.0 Å². The van der Waals surface area contributed by atoms with Gasteiger partial charge in [-0.3, -0.25) is 0 Å². The van der Waals surface area contributed by atoms with Crippen molar-refractivity contribution in [3.63, 3.8) is 0 Å². The molecular weight excluding hydrogens is 423 g/mol. The average molecular weight is 453 g/mol. The highest BCUT2D eigenvalue weighted by Gasteiger charge is 2.44. The van der Waals surface area contributed by atoms with E-state index in [1.165, 1.54) is 56.6 Å².